The molecule has 1 aromatic heterocycles. The second-order valence-corrected chi connectivity index (χ2v) is 11.7. The van der Waals surface area contributed by atoms with Gasteiger partial charge in [0, 0.05) is 32.4 Å². The summed E-state index contributed by atoms with van der Waals surface area (Å²) < 4.78 is 0. The van der Waals surface area contributed by atoms with Crippen molar-refractivity contribution in [1.82, 2.24) is 20.5 Å². The van der Waals surface area contributed by atoms with Crippen LogP contribution in [0.4, 0.5) is 0 Å². The molecule has 1 saturated heterocycles. The number of hydrogen-bond donors (Lipinski definition) is 3. The SMILES string of the molecule is C#CCCCCC(=O)N[C@H](C(=O)N1C[C@H](O)C[C@H]1C(=O)NCc1ccc(-c2scnc2C)cc1)C(C)(C)C. The zero-order chi connectivity index (χ0) is 27.9. The first-order valence-electron chi connectivity index (χ1n) is 13.0. The van der Waals surface area contributed by atoms with Crippen molar-refractivity contribution in [3.05, 3.63) is 41.0 Å². The number of aliphatic hydroxyl groups is 1. The number of thiazole rings is 1. The molecular formula is C29H38N4O4S. The van der Waals surface area contributed by atoms with Gasteiger partial charge in [0.15, 0.2) is 0 Å². The van der Waals surface area contributed by atoms with Crippen molar-refractivity contribution in [3.63, 3.8) is 0 Å². The Morgan fingerprint density at radius 3 is 2.55 bits per heavy atom. The fourth-order valence-electron chi connectivity index (χ4n) is 4.53. The molecule has 3 N–H and O–H groups in total. The molecule has 0 radical (unpaired) electrons. The van der Waals surface area contributed by atoms with E-state index in [0.29, 0.717) is 19.4 Å². The second-order valence-electron chi connectivity index (χ2n) is 10.9. The Kier molecular flexibility index (Phi) is 10.1. The van der Waals surface area contributed by atoms with Crippen molar-refractivity contribution in [1.29, 1.82) is 0 Å². The number of aryl methyl sites for hydroxylation is 1. The van der Waals surface area contributed by atoms with E-state index >= 15 is 0 Å². The summed E-state index contributed by atoms with van der Waals surface area (Å²) in [4.78, 5) is 46.1. The van der Waals surface area contributed by atoms with Gasteiger partial charge < -0.3 is 20.6 Å². The second kappa shape index (κ2) is 13.0. The fourth-order valence-corrected chi connectivity index (χ4v) is 5.34. The number of nitrogens with one attached hydrogen (secondary N) is 2. The quantitative estimate of drug-likeness (QED) is 0.317. The molecule has 1 fully saturated rings. The van der Waals surface area contributed by atoms with E-state index in [9.17, 15) is 19.5 Å². The van der Waals surface area contributed by atoms with Crippen molar-refractivity contribution in [3.8, 4) is 22.8 Å². The maximum Gasteiger partial charge on any atom is 0.246 e. The van der Waals surface area contributed by atoms with Crippen LogP contribution < -0.4 is 10.6 Å². The number of aromatic nitrogens is 1. The number of amides is 3. The molecule has 1 aliphatic heterocycles. The molecule has 1 aromatic carbocycles. The van der Waals surface area contributed by atoms with Crippen LogP contribution in [0, 0.1) is 24.7 Å². The minimum Gasteiger partial charge on any atom is -0.391 e. The van der Waals surface area contributed by atoms with Crippen LogP contribution in [0.2, 0.25) is 0 Å². The van der Waals surface area contributed by atoms with E-state index in [-0.39, 0.29) is 37.1 Å². The Labute approximate surface area is 229 Å². The van der Waals surface area contributed by atoms with E-state index in [2.05, 4.69) is 21.5 Å². The van der Waals surface area contributed by atoms with Crippen molar-refractivity contribution in [2.75, 3.05) is 6.54 Å². The minimum absolute atomic E-state index is 0.0461. The van der Waals surface area contributed by atoms with Gasteiger partial charge in [-0.1, -0.05) is 45.0 Å². The molecule has 0 unspecified atom stereocenters. The number of likely N-dealkylation sites (tertiary alicyclic amines) is 1. The van der Waals surface area contributed by atoms with Gasteiger partial charge in [0.05, 0.1) is 22.2 Å². The van der Waals surface area contributed by atoms with Crippen LogP contribution in [0.15, 0.2) is 29.8 Å². The normalized spacial score (nSPS) is 18.1. The summed E-state index contributed by atoms with van der Waals surface area (Å²) in [5, 5.41) is 16.1. The lowest BCUT2D eigenvalue weighted by Crippen LogP contribution is -2.57. The van der Waals surface area contributed by atoms with Gasteiger partial charge in [0.1, 0.15) is 12.1 Å². The van der Waals surface area contributed by atoms with E-state index in [1.165, 1.54) is 4.90 Å². The molecule has 2 heterocycles. The molecule has 3 rings (SSSR count). The summed E-state index contributed by atoms with van der Waals surface area (Å²) in [6.07, 6.45) is 6.87. The average Bonchev–Trinajstić information content (AvgIpc) is 3.48. The summed E-state index contributed by atoms with van der Waals surface area (Å²) >= 11 is 1.58. The van der Waals surface area contributed by atoms with Crippen LogP contribution in [0.25, 0.3) is 10.4 Å². The van der Waals surface area contributed by atoms with Crippen LogP contribution in [0.1, 0.15) is 64.1 Å². The number of unbranched alkanes of at least 4 members (excludes halogenated alkanes) is 2. The van der Waals surface area contributed by atoms with Crippen molar-refractivity contribution in [2.45, 2.75) is 84.5 Å². The molecule has 2 aromatic rings. The molecule has 0 bridgehead atoms. The van der Waals surface area contributed by atoms with Crippen LogP contribution in [0.5, 0.6) is 0 Å². The molecule has 8 nitrogen and oxygen atoms in total. The third-order valence-electron chi connectivity index (χ3n) is 6.69. The molecule has 3 atom stereocenters. The Bertz CT molecular complexity index is 1160. The highest BCUT2D eigenvalue weighted by Gasteiger charge is 2.44. The van der Waals surface area contributed by atoms with Crippen LogP contribution in [-0.4, -0.2) is 57.4 Å². The predicted molar refractivity (Wildman–Crippen MR) is 149 cm³/mol. The third-order valence-corrected chi connectivity index (χ3v) is 7.66. The summed E-state index contributed by atoms with van der Waals surface area (Å²) in [6.45, 7) is 7.92. The highest BCUT2D eigenvalue weighted by molar-refractivity contribution is 7.13. The van der Waals surface area contributed by atoms with Gasteiger partial charge >= 0.3 is 0 Å². The number of nitrogens with zero attached hydrogens (tertiary/aromatic N) is 2. The first-order chi connectivity index (χ1) is 18.0. The summed E-state index contributed by atoms with van der Waals surface area (Å²) in [5.74, 6) is 1.63. The number of carbonyl (C=O) groups excluding carboxylic acids is 3. The topological polar surface area (TPSA) is 112 Å². The van der Waals surface area contributed by atoms with Crippen LogP contribution in [-0.2, 0) is 20.9 Å². The highest BCUT2D eigenvalue weighted by atomic mass is 32.1. The van der Waals surface area contributed by atoms with Crippen LogP contribution >= 0.6 is 11.3 Å². The Morgan fingerprint density at radius 1 is 1.24 bits per heavy atom. The van der Waals surface area contributed by atoms with E-state index in [1.807, 2.05) is 57.5 Å². The number of carbonyl (C=O) groups is 3. The molecule has 0 spiro atoms. The highest BCUT2D eigenvalue weighted by Crippen LogP contribution is 2.28. The monoisotopic (exact) mass is 538 g/mol. The van der Waals surface area contributed by atoms with Crippen molar-refractivity contribution in [2.24, 2.45) is 5.41 Å². The standard InChI is InChI=1S/C29H38N4O4S/c1-6-7-8-9-10-24(35)32-26(29(3,4)5)28(37)33-17-22(34)15-23(33)27(36)30-16-20-11-13-21(14-12-20)25-19(2)31-18-38-25/h1,11-14,18,22-23,26,34H,7-10,15-17H2,2-5H3,(H,30,36)(H,32,35)/t22-,23+,26-/m1/s1. The molecule has 0 saturated carbocycles. The zero-order valence-corrected chi connectivity index (χ0v) is 23.4. The number of rotatable bonds is 10. The maximum atomic E-state index is 13.6. The summed E-state index contributed by atoms with van der Waals surface area (Å²) in [6, 6.07) is 6.27. The van der Waals surface area contributed by atoms with Crippen molar-refractivity contribution < 1.29 is 19.5 Å². The van der Waals surface area contributed by atoms with Gasteiger partial charge in [-0.05, 0) is 36.3 Å². The number of terminal acetylenes is 1. The minimum atomic E-state index is -0.828. The van der Waals surface area contributed by atoms with Crippen LogP contribution in [0.3, 0.4) is 0 Å². The lowest BCUT2D eigenvalue weighted by Gasteiger charge is -2.35. The largest absolute Gasteiger partial charge is 0.391 e. The maximum absolute atomic E-state index is 13.6. The summed E-state index contributed by atoms with van der Waals surface area (Å²) in [7, 11) is 0. The zero-order valence-electron chi connectivity index (χ0n) is 22.6. The third kappa shape index (κ3) is 7.65. The first kappa shape index (κ1) is 29.3. The number of hydrogen-bond acceptors (Lipinski definition) is 6. The molecule has 3 amide bonds. The number of benzene rings is 1. The van der Waals surface area contributed by atoms with Gasteiger partial charge in [-0.15, -0.1) is 23.7 Å². The molecular weight excluding hydrogens is 500 g/mol. The average molecular weight is 539 g/mol. The van der Waals surface area contributed by atoms with Gasteiger partial charge in [-0.2, -0.15) is 0 Å². The van der Waals surface area contributed by atoms with E-state index in [1.54, 1.807) is 11.3 Å². The Hall–Kier alpha value is -3.22. The van der Waals surface area contributed by atoms with Gasteiger partial charge in [0.25, 0.3) is 0 Å². The fraction of sp³-hybridized carbons (Fsp3) is 0.517. The predicted octanol–water partition coefficient (Wildman–Crippen LogP) is 3.42. The van der Waals surface area contributed by atoms with E-state index in [4.69, 9.17) is 6.42 Å². The van der Waals surface area contributed by atoms with Gasteiger partial charge in [-0.25, -0.2) is 4.98 Å². The Morgan fingerprint density at radius 2 is 1.95 bits per heavy atom. The van der Waals surface area contributed by atoms with E-state index in [0.717, 1.165) is 28.1 Å². The van der Waals surface area contributed by atoms with Crippen molar-refractivity contribution >= 4 is 29.1 Å². The van der Waals surface area contributed by atoms with Gasteiger partial charge in [-0.3, -0.25) is 14.4 Å². The number of β-amino-alcohol motifs (C(OH)–C–C–N with tert-alkyl or cyclic N) is 1. The van der Waals surface area contributed by atoms with Gasteiger partial charge in [0.2, 0.25) is 17.7 Å². The first-order valence-corrected chi connectivity index (χ1v) is 13.9. The molecule has 1 aliphatic rings. The lowest BCUT2D eigenvalue weighted by molar-refractivity contribution is -0.144. The number of aliphatic hydroxyl groups excluding tert-OH is 1. The smallest absolute Gasteiger partial charge is 0.246 e. The molecule has 0 aliphatic carbocycles. The molecule has 9 heteroatoms. The molecule has 204 valence electrons. The Balaban J connectivity index is 1.63. The molecule has 38 heavy (non-hydrogen) atoms. The summed E-state index contributed by atoms with van der Waals surface area (Å²) in [5.41, 5.74) is 4.21. The lowest BCUT2D eigenvalue weighted by atomic mass is 9.85. The van der Waals surface area contributed by atoms with E-state index < -0.39 is 23.6 Å².